The SMILES string of the molecule is CC[C@@H](C(=O)NC)N(Cc1ccc(F)cc1)C(=O)CSCc1ccccc1C. The molecule has 0 aliphatic rings. The fourth-order valence-electron chi connectivity index (χ4n) is 2.98. The van der Waals surface area contributed by atoms with Crippen LogP contribution in [0.5, 0.6) is 0 Å². The van der Waals surface area contributed by atoms with Crippen molar-refractivity contribution in [2.75, 3.05) is 12.8 Å². The Morgan fingerprint density at radius 1 is 1.14 bits per heavy atom. The van der Waals surface area contributed by atoms with E-state index in [0.717, 1.165) is 11.3 Å². The van der Waals surface area contributed by atoms with Gasteiger partial charge in [0.1, 0.15) is 11.9 Å². The molecule has 0 aliphatic carbocycles. The minimum absolute atomic E-state index is 0.0987. The van der Waals surface area contributed by atoms with Gasteiger partial charge in [-0.2, -0.15) is 0 Å². The summed E-state index contributed by atoms with van der Waals surface area (Å²) in [5.41, 5.74) is 3.19. The molecule has 0 aromatic heterocycles. The number of nitrogens with one attached hydrogen (secondary N) is 1. The Hall–Kier alpha value is -2.34. The van der Waals surface area contributed by atoms with Crippen molar-refractivity contribution in [2.45, 2.75) is 38.6 Å². The number of likely N-dealkylation sites (N-methyl/N-ethyl adjacent to an activating group) is 1. The zero-order chi connectivity index (χ0) is 20.5. The van der Waals surface area contributed by atoms with E-state index in [0.29, 0.717) is 6.42 Å². The summed E-state index contributed by atoms with van der Waals surface area (Å²) < 4.78 is 13.2. The van der Waals surface area contributed by atoms with Gasteiger partial charge < -0.3 is 10.2 Å². The zero-order valence-corrected chi connectivity index (χ0v) is 17.4. The highest BCUT2D eigenvalue weighted by molar-refractivity contribution is 7.99. The van der Waals surface area contributed by atoms with Gasteiger partial charge >= 0.3 is 0 Å². The lowest BCUT2D eigenvalue weighted by Gasteiger charge is -2.30. The van der Waals surface area contributed by atoms with Crippen LogP contribution in [0.3, 0.4) is 0 Å². The van der Waals surface area contributed by atoms with Gasteiger partial charge in [0, 0.05) is 19.3 Å². The number of hydrogen-bond donors (Lipinski definition) is 1. The maximum atomic E-state index is 13.2. The van der Waals surface area contributed by atoms with Crippen LogP contribution in [0.1, 0.15) is 30.0 Å². The molecule has 0 saturated heterocycles. The first-order chi connectivity index (χ1) is 13.5. The van der Waals surface area contributed by atoms with Crippen molar-refractivity contribution in [3.8, 4) is 0 Å². The van der Waals surface area contributed by atoms with Gasteiger partial charge in [0.25, 0.3) is 0 Å². The van der Waals surface area contributed by atoms with E-state index in [2.05, 4.69) is 24.4 Å². The second-order valence-electron chi connectivity index (χ2n) is 6.61. The van der Waals surface area contributed by atoms with Gasteiger partial charge in [0.15, 0.2) is 0 Å². The van der Waals surface area contributed by atoms with E-state index in [1.807, 2.05) is 19.1 Å². The predicted molar refractivity (Wildman–Crippen MR) is 112 cm³/mol. The van der Waals surface area contributed by atoms with E-state index < -0.39 is 6.04 Å². The van der Waals surface area contributed by atoms with Crippen molar-refractivity contribution in [1.29, 1.82) is 0 Å². The summed E-state index contributed by atoms with van der Waals surface area (Å²) in [7, 11) is 1.57. The fraction of sp³-hybridized carbons (Fsp3) is 0.364. The highest BCUT2D eigenvalue weighted by atomic mass is 32.2. The van der Waals surface area contributed by atoms with Gasteiger partial charge in [-0.05, 0) is 42.2 Å². The van der Waals surface area contributed by atoms with E-state index in [9.17, 15) is 14.0 Å². The third kappa shape index (κ3) is 6.09. The summed E-state index contributed by atoms with van der Waals surface area (Å²) in [6.07, 6.45) is 0.509. The summed E-state index contributed by atoms with van der Waals surface area (Å²) in [5, 5.41) is 2.64. The molecule has 0 saturated carbocycles. The number of nitrogens with zero attached hydrogens (tertiary/aromatic N) is 1. The number of rotatable bonds is 9. The molecule has 2 rings (SSSR count). The molecule has 1 atom stereocenters. The van der Waals surface area contributed by atoms with Gasteiger partial charge in [0.05, 0.1) is 5.75 Å². The molecule has 4 nitrogen and oxygen atoms in total. The van der Waals surface area contributed by atoms with E-state index >= 15 is 0 Å². The first-order valence-electron chi connectivity index (χ1n) is 9.34. The summed E-state index contributed by atoms with van der Waals surface area (Å²) in [6.45, 7) is 4.21. The van der Waals surface area contributed by atoms with Gasteiger partial charge in [-0.1, -0.05) is 43.3 Å². The van der Waals surface area contributed by atoms with Gasteiger partial charge in [-0.25, -0.2) is 4.39 Å². The summed E-state index contributed by atoms with van der Waals surface area (Å²) in [4.78, 5) is 26.9. The van der Waals surface area contributed by atoms with Crippen molar-refractivity contribution >= 4 is 23.6 Å². The van der Waals surface area contributed by atoms with Crippen LogP contribution in [0.4, 0.5) is 4.39 Å². The van der Waals surface area contributed by atoms with Crippen LogP contribution in [0.2, 0.25) is 0 Å². The summed E-state index contributed by atoms with van der Waals surface area (Å²) in [5.74, 6) is 0.400. The molecule has 0 spiro atoms. The van der Waals surface area contributed by atoms with E-state index in [1.54, 1.807) is 24.1 Å². The Balaban J connectivity index is 2.10. The van der Waals surface area contributed by atoms with E-state index in [4.69, 9.17) is 0 Å². The van der Waals surface area contributed by atoms with Crippen molar-refractivity contribution in [3.05, 3.63) is 71.0 Å². The number of hydrogen-bond acceptors (Lipinski definition) is 3. The van der Waals surface area contributed by atoms with Crippen LogP contribution < -0.4 is 5.32 Å². The van der Waals surface area contributed by atoms with Crippen molar-refractivity contribution in [1.82, 2.24) is 10.2 Å². The van der Waals surface area contributed by atoms with Crippen LogP contribution in [0.15, 0.2) is 48.5 Å². The predicted octanol–water partition coefficient (Wildman–Crippen LogP) is 3.92. The molecule has 2 aromatic rings. The molecule has 2 aromatic carbocycles. The minimum Gasteiger partial charge on any atom is -0.357 e. The molecule has 6 heteroatoms. The minimum atomic E-state index is -0.554. The Morgan fingerprint density at radius 2 is 1.82 bits per heavy atom. The molecule has 0 unspecified atom stereocenters. The maximum absolute atomic E-state index is 13.2. The van der Waals surface area contributed by atoms with Crippen LogP contribution in [-0.4, -0.2) is 35.6 Å². The Kier molecular flexibility index (Phi) is 8.51. The molecule has 0 heterocycles. The number of amides is 2. The van der Waals surface area contributed by atoms with Crippen LogP contribution >= 0.6 is 11.8 Å². The average Bonchev–Trinajstić information content (AvgIpc) is 2.70. The molecular formula is C22H27FN2O2S. The number of aryl methyl sites for hydroxylation is 1. The van der Waals surface area contributed by atoms with Crippen molar-refractivity contribution in [2.24, 2.45) is 0 Å². The number of carbonyl (C=O) groups excluding carboxylic acids is 2. The molecule has 0 fully saturated rings. The molecule has 2 amide bonds. The van der Waals surface area contributed by atoms with Crippen LogP contribution in [0, 0.1) is 12.7 Å². The maximum Gasteiger partial charge on any atom is 0.242 e. The smallest absolute Gasteiger partial charge is 0.242 e. The lowest BCUT2D eigenvalue weighted by Crippen LogP contribution is -2.48. The second-order valence-corrected chi connectivity index (χ2v) is 7.59. The first-order valence-corrected chi connectivity index (χ1v) is 10.5. The Labute approximate surface area is 170 Å². The van der Waals surface area contributed by atoms with Crippen molar-refractivity contribution in [3.63, 3.8) is 0 Å². The van der Waals surface area contributed by atoms with E-state index in [-0.39, 0.29) is 29.9 Å². The fourth-order valence-corrected chi connectivity index (χ4v) is 3.96. The molecule has 1 N–H and O–H groups in total. The zero-order valence-electron chi connectivity index (χ0n) is 16.6. The van der Waals surface area contributed by atoms with Gasteiger partial charge in [0.2, 0.25) is 11.8 Å². The van der Waals surface area contributed by atoms with Crippen LogP contribution in [-0.2, 0) is 21.9 Å². The normalized spacial score (nSPS) is 11.7. The second kappa shape index (κ2) is 10.9. The first kappa shape index (κ1) is 22.0. The van der Waals surface area contributed by atoms with E-state index in [1.165, 1.54) is 35.0 Å². The highest BCUT2D eigenvalue weighted by Gasteiger charge is 2.27. The monoisotopic (exact) mass is 402 g/mol. The Morgan fingerprint density at radius 3 is 2.43 bits per heavy atom. The summed E-state index contributed by atoms with van der Waals surface area (Å²) >= 11 is 1.53. The van der Waals surface area contributed by atoms with Gasteiger partial charge in [-0.3, -0.25) is 9.59 Å². The highest BCUT2D eigenvalue weighted by Crippen LogP contribution is 2.19. The molecule has 0 radical (unpaired) electrons. The topological polar surface area (TPSA) is 49.4 Å². The number of halogens is 1. The molecule has 0 aliphatic heterocycles. The number of carbonyl (C=O) groups is 2. The number of benzene rings is 2. The molecule has 150 valence electrons. The lowest BCUT2D eigenvalue weighted by atomic mass is 10.1. The third-order valence-corrected chi connectivity index (χ3v) is 5.61. The third-order valence-electron chi connectivity index (χ3n) is 4.64. The largest absolute Gasteiger partial charge is 0.357 e. The quantitative estimate of drug-likeness (QED) is 0.692. The molecular weight excluding hydrogens is 375 g/mol. The lowest BCUT2D eigenvalue weighted by molar-refractivity contribution is -0.139. The number of thioether (sulfide) groups is 1. The summed E-state index contributed by atoms with van der Waals surface area (Å²) in [6, 6.07) is 13.6. The molecule has 0 bridgehead atoms. The standard InChI is InChI=1S/C22H27FN2O2S/c1-4-20(22(27)24-3)25(13-17-9-11-19(23)12-10-17)21(26)15-28-14-18-8-6-5-7-16(18)2/h5-12,20H,4,13-15H2,1-3H3,(H,24,27)/t20-/m0/s1. The van der Waals surface area contributed by atoms with Crippen LogP contribution in [0.25, 0.3) is 0 Å². The average molecular weight is 403 g/mol. The van der Waals surface area contributed by atoms with Gasteiger partial charge in [-0.15, -0.1) is 11.8 Å². The molecule has 28 heavy (non-hydrogen) atoms. The van der Waals surface area contributed by atoms with Crippen molar-refractivity contribution < 1.29 is 14.0 Å². The Bertz CT molecular complexity index is 795.